The Labute approximate surface area is 182 Å². The van der Waals surface area contributed by atoms with Gasteiger partial charge in [0.1, 0.15) is 5.25 Å². The second-order valence-corrected chi connectivity index (χ2v) is 9.13. The maximum atomic E-state index is 13.3. The van der Waals surface area contributed by atoms with Gasteiger partial charge in [0.05, 0.1) is 5.69 Å². The van der Waals surface area contributed by atoms with Crippen molar-refractivity contribution in [3.63, 3.8) is 0 Å². The van der Waals surface area contributed by atoms with Crippen LogP contribution in [0.2, 0.25) is 0 Å². The highest BCUT2D eigenvalue weighted by Gasteiger charge is 2.42. The van der Waals surface area contributed by atoms with Crippen molar-refractivity contribution in [2.24, 2.45) is 4.99 Å². The van der Waals surface area contributed by atoms with Crippen molar-refractivity contribution in [1.82, 2.24) is 4.90 Å². The number of benzene rings is 2. The average molecular weight is 422 g/mol. The molecule has 5 nitrogen and oxygen atoms in total. The van der Waals surface area contributed by atoms with E-state index >= 15 is 0 Å². The number of aliphatic imine (C=N–C) groups is 1. The Balaban J connectivity index is 1.51. The lowest BCUT2D eigenvalue weighted by atomic mass is 9.94. The van der Waals surface area contributed by atoms with Gasteiger partial charge in [-0.05, 0) is 49.6 Å². The summed E-state index contributed by atoms with van der Waals surface area (Å²) in [6.45, 7) is 1.99. The Kier molecular flexibility index (Phi) is 6.53. The number of para-hydroxylation sites is 1. The quantitative estimate of drug-likeness (QED) is 0.714. The monoisotopic (exact) mass is 421 g/mol. The molecule has 2 aromatic rings. The van der Waals surface area contributed by atoms with Gasteiger partial charge in [-0.15, -0.1) is 0 Å². The lowest BCUT2D eigenvalue weighted by molar-refractivity contribution is -0.130. The first-order chi connectivity index (χ1) is 14.6. The van der Waals surface area contributed by atoms with Crippen LogP contribution in [0.4, 0.5) is 11.4 Å². The zero-order chi connectivity index (χ0) is 20.9. The number of rotatable bonds is 5. The van der Waals surface area contributed by atoms with Crippen molar-refractivity contribution >= 4 is 40.1 Å². The zero-order valence-electron chi connectivity index (χ0n) is 17.2. The normalized spacial score (nSPS) is 21.2. The van der Waals surface area contributed by atoms with Crippen LogP contribution < -0.4 is 5.32 Å². The van der Waals surface area contributed by atoms with E-state index in [1.807, 2.05) is 66.4 Å². The van der Waals surface area contributed by atoms with E-state index in [2.05, 4.69) is 5.32 Å². The van der Waals surface area contributed by atoms with Crippen molar-refractivity contribution in [1.29, 1.82) is 0 Å². The number of hydrogen-bond acceptors (Lipinski definition) is 4. The van der Waals surface area contributed by atoms with Crippen LogP contribution in [0.1, 0.15) is 44.1 Å². The van der Waals surface area contributed by atoms with E-state index in [1.165, 1.54) is 18.2 Å². The van der Waals surface area contributed by atoms with Crippen molar-refractivity contribution in [2.45, 2.75) is 56.7 Å². The molecule has 1 aliphatic heterocycles. The maximum absolute atomic E-state index is 13.3. The van der Waals surface area contributed by atoms with Crippen LogP contribution >= 0.6 is 11.8 Å². The third-order valence-electron chi connectivity index (χ3n) is 5.56. The number of nitrogens with one attached hydrogen (secondary N) is 1. The molecule has 4 rings (SSSR count). The number of carbonyl (C=O) groups is 2. The minimum absolute atomic E-state index is 0.0148. The summed E-state index contributed by atoms with van der Waals surface area (Å²) in [5, 5.41) is 3.22. The predicted octanol–water partition coefficient (Wildman–Crippen LogP) is 5.29. The molecule has 1 saturated heterocycles. The van der Waals surface area contributed by atoms with E-state index < -0.39 is 5.25 Å². The van der Waals surface area contributed by atoms with Gasteiger partial charge in [-0.3, -0.25) is 14.5 Å². The summed E-state index contributed by atoms with van der Waals surface area (Å²) in [4.78, 5) is 32.6. The van der Waals surface area contributed by atoms with E-state index in [1.54, 1.807) is 0 Å². The summed E-state index contributed by atoms with van der Waals surface area (Å²) in [7, 11) is 0. The van der Waals surface area contributed by atoms with Gasteiger partial charge in [0.25, 0.3) is 0 Å². The fourth-order valence-corrected chi connectivity index (χ4v) is 5.30. The third-order valence-corrected chi connectivity index (χ3v) is 6.71. The first kappa shape index (κ1) is 20.7. The molecule has 2 aromatic carbocycles. The van der Waals surface area contributed by atoms with Crippen LogP contribution in [0.5, 0.6) is 0 Å². The van der Waals surface area contributed by atoms with Crippen molar-refractivity contribution < 1.29 is 9.59 Å². The summed E-state index contributed by atoms with van der Waals surface area (Å²) in [6.07, 6.45) is 5.64. The third kappa shape index (κ3) is 4.93. The van der Waals surface area contributed by atoms with Crippen molar-refractivity contribution in [2.75, 3.05) is 5.32 Å². The highest BCUT2D eigenvalue weighted by atomic mass is 32.2. The molecule has 1 unspecified atom stereocenters. The van der Waals surface area contributed by atoms with E-state index in [0.717, 1.165) is 47.8 Å². The van der Waals surface area contributed by atoms with Gasteiger partial charge in [0, 0.05) is 18.2 Å². The Morgan fingerprint density at radius 3 is 2.60 bits per heavy atom. The zero-order valence-corrected chi connectivity index (χ0v) is 18.0. The molecule has 0 aromatic heterocycles. The maximum Gasteiger partial charge on any atom is 0.242 e. The number of anilines is 1. The fraction of sp³-hybridized carbons (Fsp3) is 0.375. The average Bonchev–Trinajstić information content (AvgIpc) is 3.04. The van der Waals surface area contributed by atoms with Gasteiger partial charge >= 0.3 is 0 Å². The number of amides is 2. The lowest BCUT2D eigenvalue weighted by Gasteiger charge is -2.30. The van der Waals surface area contributed by atoms with Crippen LogP contribution in [-0.2, 0) is 9.59 Å². The summed E-state index contributed by atoms with van der Waals surface area (Å²) in [5.74, 6) is -0.128. The standard InChI is InChI=1S/C24H27N3O2S/c1-17-9-8-12-19(15-17)25-22(28)16-21-23(29)27(20-13-6-3-7-14-20)24(30-21)26-18-10-4-2-5-11-18/h2,4-5,8-12,15,20-21H,3,6-7,13-14,16H2,1H3,(H,25,28). The SMILES string of the molecule is Cc1cccc(NC(=O)CC2SC(=Nc3ccccc3)N(C3CCCCC3)C2=O)c1. The van der Waals surface area contributed by atoms with Crippen LogP contribution in [0.15, 0.2) is 59.6 Å². The van der Waals surface area contributed by atoms with E-state index in [4.69, 9.17) is 4.99 Å². The largest absolute Gasteiger partial charge is 0.326 e. The number of thioether (sulfide) groups is 1. The second kappa shape index (κ2) is 9.47. The van der Waals surface area contributed by atoms with Gasteiger partial charge in [-0.25, -0.2) is 4.99 Å². The molecular formula is C24H27N3O2S. The molecule has 0 radical (unpaired) electrons. The van der Waals surface area contributed by atoms with Crippen LogP contribution in [-0.4, -0.2) is 33.2 Å². The predicted molar refractivity (Wildman–Crippen MR) is 123 cm³/mol. The molecule has 1 aliphatic carbocycles. The number of amidine groups is 1. The molecule has 2 amide bonds. The number of hydrogen-bond donors (Lipinski definition) is 1. The molecule has 0 spiro atoms. The molecule has 156 valence electrons. The second-order valence-electron chi connectivity index (χ2n) is 7.96. The Morgan fingerprint density at radius 2 is 1.87 bits per heavy atom. The Hall–Kier alpha value is -2.60. The van der Waals surface area contributed by atoms with Crippen molar-refractivity contribution in [3.8, 4) is 0 Å². The highest BCUT2D eigenvalue weighted by molar-refractivity contribution is 8.15. The molecule has 1 atom stereocenters. The molecule has 1 saturated carbocycles. The van der Waals surface area contributed by atoms with Gasteiger partial charge in [-0.1, -0.05) is 61.4 Å². The summed E-state index contributed by atoms with van der Waals surface area (Å²) in [5.41, 5.74) is 2.68. The van der Waals surface area contributed by atoms with E-state index in [-0.39, 0.29) is 24.3 Å². The van der Waals surface area contributed by atoms with Gasteiger partial charge in [-0.2, -0.15) is 0 Å². The van der Waals surface area contributed by atoms with Gasteiger partial charge in [0.2, 0.25) is 11.8 Å². The molecule has 0 bridgehead atoms. The minimum atomic E-state index is -0.431. The fourth-order valence-electron chi connectivity index (χ4n) is 4.08. The van der Waals surface area contributed by atoms with Crippen LogP contribution in [0.25, 0.3) is 0 Å². The number of carbonyl (C=O) groups excluding carboxylic acids is 2. The molecule has 2 aliphatic rings. The summed E-state index contributed by atoms with van der Waals surface area (Å²) < 4.78 is 0. The smallest absolute Gasteiger partial charge is 0.242 e. The van der Waals surface area contributed by atoms with Crippen molar-refractivity contribution in [3.05, 3.63) is 60.2 Å². The lowest BCUT2D eigenvalue weighted by Crippen LogP contribution is -2.42. The van der Waals surface area contributed by atoms with Gasteiger partial charge < -0.3 is 5.32 Å². The van der Waals surface area contributed by atoms with E-state index in [0.29, 0.717) is 0 Å². The highest BCUT2D eigenvalue weighted by Crippen LogP contribution is 2.36. The summed E-state index contributed by atoms with van der Waals surface area (Å²) in [6, 6.07) is 17.6. The molecule has 1 N–H and O–H groups in total. The molecule has 30 heavy (non-hydrogen) atoms. The van der Waals surface area contributed by atoms with E-state index in [9.17, 15) is 9.59 Å². The Morgan fingerprint density at radius 1 is 1.10 bits per heavy atom. The molecule has 6 heteroatoms. The number of aryl methyl sites for hydroxylation is 1. The molecular weight excluding hydrogens is 394 g/mol. The van der Waals surface area contributed by atoms with Crippen LogP contribution in [0.3, 0.4) is 0 Å². The van der Waals surface area contributed by atoms with Gasteiger partial charge in [0.15, 0.2) is 5.17 Å². The topological polar surface area (TPSA) is 61.8 Å². The first-order valence-electron chi connectivity index (χ1n) is 10.6. The number of nitrogens with zero attached hydrogens (tertiary/aromatic N) is 2. The van der Waals surface area contributed by atoms with Crippen LogP contribution in [0, 0.1) is 6.92 Å². The molecule has 1 heterocycles. The first-order valence-corrected chi connectivity index (χ1v) is 11.5. The molecule has 2 fully saturated rings. The minimum Gasteiger partial charge on any atom is -0.326 e. The summed E-state index contributed by atoms with van der Waals surface area (Å²) >= 11 is 1.42. The Bertz CT molecular complexity index is 938.